The fraction of sp³-hybridized carbons (Fsp3) is 0.250. The van der Waals surface area contributed by atoms with Crippen LogP contribution in [0.15, 0.2) is 59.4 Å². The molecule has 0 N–H and O–H groups in total. The number of likely N-dealkylation sites (N-methyl/N-ethyl adjacent to an activating group) is 1. The summed E-state index contributed by atoms with van der Waals surface area (Å²) in [6, 6.07) is 16.7. The quantitative estimate of drug-likeness (QED) is 0.720. The molecular formula is C20H21N3O2. The van der Waals surface area contributed by atoms with E-state index in [4.69, 9.17) is 0 Å². The van der Waals surface area contributed by atoms with Crippen LogP contribution in [0.4, 0.5) is 5.69 Å². The highest BCUT2D eigenvalue weighted by Gasteiger charge is 2.18. The van der Waals surface area contributed by atoms with Gasteiger partial charge in [0.15, 0.2) is 0 Å². The summed E-state index contributed by atoms with van der Waals surface area (Å²) < 4.78 is 1.50. The summed E-state index contributed by atoms with van der Waals surface area (Å²) in [5.41, 5.74) is 1.33. The van der Waals surface area contributed by atoms with Crippen molar-refractivity contribution in [2.45, 2.75) is 26.8 Å². The number of carbonyl (C=O) groups is 1. The molecule has 0 bridgehead atoms. The minimum absolute atomic E-state index is 0.0113. The van der Waals surface area contributed by atoms with Crippen LogP contribution in [0.5, 0.6) is 0 Å². The van der Waals surface area contributed by atoms with Crippen LogP contribution in [-0.4, -0.2) is 22.0 Å². The number of anilines is 1. The van der Waals surface area contributed by atoms with Crippen LogP contribution in [0.25, 0.3) is 10.9 Å². The molecule has 3 aromatic rings. The molecule has 0 atom stereocenters. The highest BCUT2D eigenvalue weighted by atomic mass is 16.2. The average molecular weight is 335 g/mol. The Hall–Kier alpha value is -2.95. The number of carbonyl (C=O) groups excluding carboxylic acids is 1. The van der Waals surface area contributed by atoms with Crippen LogP contribution in [0.3, 0.4) is 0 Å². The van der Waals surface area contributed by atoms with E-state index in [0.717, 1.165) is 5.69 Å². The van der Waals surface area contributed by atoms with Gasteiger partial charge in [0.2, 0.25) is 5.91 Å². The molecule has 25 heavy (non-hydrogen) atoms. The SMILES string of the molecule is CCc1nc2ccccc2c(=O)n1CC(=O)N(CC)c1ccccc1. The maximum atomic E-state index is 12.8. The van der Waals surface area contributed by atoms with Gasteiger partial charge in [0.05, 0.1) is 10.9 Å². The van der Waals surface area contributed by atoms with Gasteiger partial charge in [0.1, 0.15) is 12.4 Å². The molecule has 0 aliphatic rings. The molecule has 0 aliphatic carbocycles. The first-order chi connectivity index (χ1) is 12.2. The molecule has 3 rings (SSSR count). The first-order valence-corrected chi connectivity index (χ1v) is 8.49. The smallest absolute Gasteiger partial charge is 0.261 e. The molecule has 2 aromatic carbocycles. The van der Waals surface area contributed by atoms with Gasteiger partial charge >= 0.3 is 0 Å². The number of fused-ring (bicyclic) bond motifs is 1. The monoisotopic (exact) mass is 335 g/mol. The summed E-state index contributed by atoms with van der Waals surface area (Å²) in [7, 11) is 0. The summed E-state index contributed by atoms with van der Waals surface area (Å²) in [4.78, 5) is 31.9. The summed E-state index contributed by atoms with van der Waals surface area (Å²) in [6.07, 6.45) is 0.588. The van der Waals surface area contributed by atoms with Crippen molar-refractivity contribution in [1.29, 1.82) is 0 Å². The van der Waals surface area contributed by atoms with Crippen LogP contribution in [0.1, 0.15) is 19.7 Å². The van der Waals surface area contributed by atoms with Crippen LogP contribution >= 0.6 is 0 Å². The Kier molecular flexibility index (Phi) is 4.93. The zero-order valence-electron chi connectivity index (χ0n) is 14.5. The molecule has 1 amide bonds. The van der Waals surface area contributed by atoms with E-state index in [2.05, 4.69) is 4.98 Å². The summed E-state index contributed by atoms with van der Waals surface area (Å²) in [5, 5.41) is 0.537. The first kappa shape index (κ1) is 16.9. The molecule has 0 aliphatic heterocycles. The van der Waals surface area contributed by atoms with E-state index in [-0.39, 0.29) is 18.0 Å². The van der Waals surface area contributed by atoms with Gasteiger partial charge in [0, 0.05) is 18.7 Å². The topological polar surface area (TPSA) is 55.2 Å². The molecule has 5 nitrogen and oxygen atoms in total. The summed E-state index contributed by atoms with van der Waals surface area (Å²) >= 11 is 0. The Morgan fingerprint density at radius 2 is 1.72 bits per heavy atom. The van der Waals surface area contributed by atoms with Crippen molar-refractivity contribution in [1.82, 2.24) is 9.55 Å². The second kappa shape index (κ2) is 7.30. The zero-order valence-corrected chi connectivity index (χ0v) is 14.5. The highest BCUT2D eigenvalue weighted by Crippen LogP contribution is 2.14. The molecule has 1 heterocycles. The van der Waals surface area contributed by atoms with Crippen molar-refractivity contribution < 1.29 is 4.79 Å². The van der Waals surface area contributed by atoms with Crippen molar-refractivity contribution in [2.75, 3.05) is 11.4 Å². The molecule has 128 valence electrons. The number of para-hydroxylation sites is 2. The number of rotatable bonds is 5. The van der Waals surface area contributed by atoms with E-state index in [9.17, 15) is 9.59 Å². The third-order valence-electron chi connectivity index (χ3n) is 4.24. The van der Waals surface area contributed by atoms with Crippen LogP contribution in [0, 0.1) is 0 Å². The van der Waals surface area contributed by atoms with Crippen molar-refractivity contribution in [2.24, 2.45) is 0 Å². The van der Waals surface area contributed by atoms with Crippen molar-refractivity contribution in [3.05, 3.63) is 70.8 Å². The van der Waals surface area contributed by atoms with Gasteiger partial charge in [-0.25, -0.2) is 4.98 Å². The standard InChI is InChI=1S/C20H21N3O2/c1-3-18-21-17-13-9-8-12-16(17)20(25)23(18)14-19(24)22(4-2)15-10-6-5-7-11-15/h5-13H,3-4,14H2,1-2H3. The lowest BCUT2D eigenvalue weighted by atomic mass is 10.2. The fourth-order valence-corrected chi connectivity index (χ4v) is 2.98. The third kappa shape index (κ3) is 3.31. The summed E-state index contributed by atoms with van der Waals surface area (Å²) in [5.74, 6) is 0.503. The minimum atomic E-state index is -0.167. The van der Waals surface area contributed by atoms with E-state index >= 15 is 0 Å². The van der Waals surface area contributed by atoms with Gasteiger partial charge in [-0.2, -0.15) is 0 Å². The minimum Gasteiger partial charge on any atom is -0.311 e. The number of nitrogens with zero attached hydrogens (tertiary/aromatic N) is 3. The Bertz CT molecular complexity index is 948. The maximum Gasteiger partial charge on any atom is 0.261 e. The second-order valence-corrected chi connectivity index (χ2v) is 5.76. The maximum absolute atomic E-state index is 12.8. The van der Waals surface area contributed by atoms with E-state index in [1.165, 1.54) is 4.57 Å². The second-order valence-electron chi connectivity index (χ2n) is 5.76. The number of aromatic nitrogens is 2. The number of aryl methyl sites for hydroxylation is 1. The number of hydrogen-bond donors (Lipinski definition) is 0. The molecule has 0 saturated heterocycles. The lowest BCUT2D eigenvalue weighted by Gasteiger charge is -2.22. The molecule has 0 spiro atoms. The van der Waals surface area contributed by atoms with Gasteiger partial charge in [-0.3, -0.25) is 14.2 Å². The van der Waals surface area contributed by atoms with E-state index in [1.807, 2.05) is 62.4 Å². The van der Waals surface area contributed by atoms with Gasteiger partial charge < -0.3 is 4.90 Å². The Labute approximate surface area is 146 Å². The van der Waals surface area contributed by atoms with Crippen LogP contribution in [0.2, 0.25) is 0 Å². The number of benzene rings is 2. The van der Waals surface area contributed by atoms with Crippen LogP contribution in [-0.2, 0) is 17.8 Å². The van der Waals surface area contributed by atoms with E-state index in [1.54, 1.807) is 11.0 Å². The van der Waals surface area contributed by atoms with Gasteiger partial charge in [0.25, 0.3) is 5.56 Å². The van der Waals surface area contributed by atoms with E-state index < -0.39 is 0 Å². The van der Waals surface area contributed by atoms with Crippen molar-refractivity contribution >= 4 is 22.5 Å². The predicted molar refractivity (Wildman–Crippen MR) is 99.9 cm³/mol. The molecular weight excluding hydrogens is 314 g/mol. The van der Waals surface area contributed by atoms with Gasteiger partial charge in [-0.15, -0.1) is 0 Å². The van der Waals surface area contributed by atoms with Crippen molar-refractivity contribution in [3.63, 3.8) is 0 Å². The number of hydrogen-bond acceptors (Lipinski definition) is 3. The predicted octanol–water partition coefficient (Wildman–Crippen LogP) is 3.01. The molecule has 1 aromatic heterocycles. The molecule has 0 radical (unpaired) electrons. The normalized spacial score (nSPS) is 10.8. The lowest BCUT2D eigenvalue weighted by molar-refractivity contribution is -0.119. The van der Waals surface area contributed by atoms with E-state index in [0.29, 0.717) is 29.7 Å². The Morgan fingerprint density at radius 1 is 1.04 bits per heavy atom. The largest absolute Gasteiger partial charge is 0.311 e. The Morgan fingerprint density at radius 3 is 2.40 bits per heavy atom. The van der Waals surface area contributed by atoms with Crippen molar-refractivity contribution in [3.8, 4) is 0 Å². The van der Waals surface area contributed by atoms with Gasteiger partial charge in [-0.05, 0) is 31.2 Å². The van der Waals surface area contributed by atoms with Gasteiger partial charge in [-0.1, -0.05) is 37.3 Å². The molecule has 0 saturated carbocycles. The third-order valence-corrected chi connectivity index (χ3v) is 4.24. The molecule has 0 unspecified atom stereocenters. The lowest BCUT2D eigenvalue weighted by Crippen LogP contribution is -2.38. The fourth-order valence-electron chi connectivity index (χ4n) is 2.98. The average Bonchev–Trinajstić information content (AvgIpc) is 2.65. The first-order valence-electron chi connectivity index (χ1n) is 8.49. The molecule has 5 heteroatoms. The van der Waals surface area contributed by atoms with Crippen LogP contribution < -0.4 is 10.5 Å². The molecule has 0 fully saturated rings. The highest BCUT2D eigenvalue weighted by molar-refractivity contribution is 5.93. The number of amides is 1. The zero-order chi connectivity index (χ0) is 17.8. The summed E-state index contributed by atoms with van der Waals surface area (Å²) in [6.45, 7) is 4.39. The Balaban J connectivity index is 2.00.